The van der Waals surface area contributed by atoms with Gasteiger partial charge in [0.25, 0.3) is 5.91 Å². The van der Waals surface area contributed by atoms with Gasteiger partial charge in [-0.3, -0.25) is 4.79 Å². The molecular weight excluding hydrogens is 264 g/mol. The van der Waals surface area contributed by atoms with Crippen LogP contribution in [0.15, 0.2) is 12.1 Å². The number of hydrogen-bond acceptors (Lipinski definition) is 4. The van der Waals surface area contributed by atoms with Crippen LogP contribution < -0.4 is 4.90 Å². The SMILES string of the molecule is CCCCN(C)C(=O)c1ccc(N2CCCCCC2)nn1. The van der Waals surface area contributed by atoms with Crippen LogP contribution in [-0.4, -0.2) is 47.7 Å². The first-order valence-corrected chi connectivity index (χ1v) is 8.06. The van der Waals surface area contributed by atoms with E-state index in [2.05, 4.69) is 22.0 Å². The summed E-state index contributed by atoms with van der Waals surface area (Å²) in [5.41, 5.74) is 0.437. The third-order valence-corrected chi connectivity index (χ3v) is 3.99. The van der Waals surface area contributed by atoms with Crippen molar-refractivity contribution in [3.8, 4) is 0 Å². The predicted octanol–water partition coefficient (Wildman–Crippen LogP) is 2.73. The lowest BCUT2D eigenvalue weighted by molar-refractivity contribution is 0.0786. The van der Waals surface area contributed by atoms with E-state index in [-0.39, 0.29) is 5.91 Å². The molecule has 5 nitrogen and oxygen atoms in total. The topological polar surface area (TPSA) is 49.3 Å². The van der Waals surface area contributed by atoms with E-state index in [1.807, 2.05) is 13.1 Å². The Hall–Kier alpha value is -1.65. The van der Waals surface area contributed by atoms with E-state index < -0.39 is 0 Å². The van der Waals surface area contributed by atoms with Gasteiger partial charge in [-0.15, -0.1) is 10.2 Å². The minimum atomic E-state index is -0.0432. The van der Waals surface area contributed by atoms with Crippen LogP contribution in [0.2, 0.25) is 0 Å². The fraction of sp³-hybridized carbons (Fsp3) is 0.688. The fourth-order valence-corrected chi connectivity index (χ4v) is 2.60. The molecule has 0 radical (unpaired) electrons. The Kier molecular flexibility index (Phi) is 5.96. The van der Waals surface area contributed by atoms with E-state index >= 15 is 0 Å². The monoisotopic (exact) mass is 290 g/mol. The number of hydrogen-bond donors (Lipinski definition) is 0. The molecule has 2 rings (SSSR count). The predicted molar refractivity (Wildman–Crippen MR) is 84.6 cm³/mol. The average Bonchev–Trinajstić information content (AvgIpc) is 2.81. The van der Waals surface area contributed by atoms with Crippen molar-refractivity contribution in [3.05, 3.63) is 17.8 Å². The third kappa shape index (κ3) is 4.41. The second kappa shape index (κ2) is 7.96. The summed E-state index contributed by atoms with van der Waals surface area (Å²) in [6.07, 6.45) is 7.11. The number of carbonyl (C=O) groups excluding carboxylic acids is 1. The summed E-state index contributed by atoms with van der Waals surface area (Å²) in [6, 6.07) is 3.73. The number of aromatic nitrogens is 2. The van der Waals surface area contributed by atoms with Crippen LogP contribution in [0.5, 0.6) is 0 Å². The summed E-state index contributed by atoms with van der Waals surface area (Å²) in [5, 5.41) is 8.39. The Morgan fingerprint density at radius 3 is 2.48 bits per heavy atom. The van der Waals surface area contributed by atoms with Crippen molar-refractivity contribution in [2.24, 2.45) is 0 Å². The molecule has 1 fully saturated rings. The Morgan fingerprint density at radius 1 is 1.19 bits per heavy atom. The molecule has 1 aliphatic rings. The normalized spacial score (nSPS) is 15.6. The van der Waals surface area contributed by atoms with Gasteiger partial charge in [0.05, 0.1) is 0 Å². The lowest BCUT2D eigenvalue weighted by atomic mass is 10.2. The van der Waals surface area contributed by atoms with E-state index in [4.69, 9.17) is 0 Å². The summed E-state index contributed by atoms with van der Waals surface area (Å²) in [7, 11) is 1.82. The molecule has 0 aliphatic carbocycles. The maximum Gasteiger partial charge on any atom is 0.274 e. The van der Waals surface area contributed by atoms with Crippen molar-refractivity contribution in [1.29, 1.82) is 0 Å². The van der Waals surface area contributed by atoms with Gasteiger partial charge in [0.1, 0.15) is 0 Å². The van der Waals surface area contributed by atoms with Gasteiger partial charge >= 0.3 is 0 Å². The molecule has 21 heavy (non-hydrogen) atoms. The van der Waals surface area contributed by atoms with Crippen molar-refractivity contribution in [2.75, 3.05) is 31.6 Å². The van der Waals surface area contributed by atoms with Gasteiger partial charge in [0.2, 0.25) is 0 Å². The molecular formula is C16H26N4O. The fourth-order valence-electron chi connectivity index (χ4n) is 2.60. The van der Waals surface area contributed by atoms with Gasteiger partial charge in [-0.25, -0.2) is 0 Å². The molecule has 1 saturated heterocycles. The van der Waals surface area contributed by atoms with Crippen LogP contribution in [0.3, 0.4) is 0 Å². The van der Waals surface area contributed by atoms with Crippen molar-refractivity contribution >= 4 is 11.7 Å². The summed E-state index contributed by atoms with van der Waals surface area (Å²) >= 11 is 0. The van der Waals surface area contributed by atoms with Gasteiger partial charge in [0, 0.05) is 26.7 Å². The van der Waals surface area contributed by atoms with Crippen LogP contribution >= 0.6 is 0 Å². The Bertz CT molecular complexity index is 438. The first-order valence-electron chi connectivity index (χ1n) is 8.06. The van der Waals surface area contributed by atoms with Crippen molar-refractivity contribution in [1.82, 2.24) is 15.1 Å². The van der Waals surface area contributed by atoms with Crippen molar-refractivity contribution in [2.45, 2.75) is 45.4 Å². The highest BCUT2D eigenvalue weighted by Crippen LogP contribution is 2.16. The van der Waals surface area contributed by atoms with E-state index in [0.29, 0.717) is 5.69 Å². The van der Waals surface area contributed by atoms with E-state index in [1.165, 1.54) is 25.7 Å². The Morgan fingerprint density at radius 2 is 1.90 bits per heavy atom. The molecule has 0 atom stereocenters. The summed E-state index contributed by atoms with van der Waals surface area (Å²) in [5.74, 6) is 0.850. The van der Waals surface area contributed by atoms with E-state index in [9.17, 15) is 4.79 Å². The van der Waals surface area contributed by atoms with Crippen LogP contribution in [0.25, 0.3) is 0 Å². The average molecular weight is 290 g/mol. The quantitative estimate of drug-likeness (QED) is 0.836. The Labute approximate surface area is 127 Å². The molecule has 1 aliphatic heterocycles. The van der Waals surface area contributed by atoms with Crippen molar-refractivity contribution < 1.29 is 4.79 Å². The maximum absolute atomic E-state index is 12.2. The molecule has 1 aromatic heterocycles. The zero-order valence-electron chi connectivity index (χ0n) is 13.2. The molecule has 0 aromatic carbocycles. The largest absolute Gasteiger partial charge is 0.355 e. The number of carbonyl (C=O) groups is 1. The van der Waals surface area contributed by atoms with Gasteiger partial charge in [-0.05, 0) is 31.4 Å². The molecule has 1 amide bonds. The van der Waals surface area contributed by atoms with Gasteiger partial charge in [0.15, 0.2) is 11.5 Å². The number of amides is 1. The lowest BCUT2D eigenvalue weighted by Crippen LogP contribution is -2.29. The van der Waals surface area contributed by atoms with E-state index in [1.54, 1.807) is 11.0 Å². The lowest BCUT2D eigenvalue weighted by Gasteiger charge is -2.21. The molecule has 1 aromatic rings. The van der Waals surface area contributed by atoms with Crippen LogP contribution in [0.4, 0.5) is 5.82 Å². The van der Waals surface area contributed by atoms with Crippen LogP contribution in [-0.2, 0) is 0 Å². The summed E-state index contributed by atoms with van der Waals surface area (Å²) in [6.45, 7) is 4.97. The first-order chi connectivity index (χ1) is 10.2. The number of anilines is 1. The number of rotatable bonds is 5. The number of unbranched alkanes of at least 4 members (excludes halogenated alkanes) is 1. The van der Waals surface area contributed by atoms with Gasteiger partial charge in [-0.1, -0.05) is 26.2 Å². The molecule has 2 heterocycles. The molecule has 0 N–H and O–H groups in total. The summed E-state index contributed by atoms with van der Waals surface area (Å²) in [4.78, 5) is 16.2. The second-order valence-electron chi connectivity index (χ2n) is 5.76. The smallest absolute Gasteiger partial charge is 0.274 e. The molecule has 116 valence electrons. The zero-order valence-corrected chi connectivity index (χ0v) is 13.2. The standard InChI is InChI=1S/C16H26N4O/c1-3-4-11-19(2)16(21)14-9-10-15(18-17-14)20-12-7-5-6-8-13-20/h9-10H,3-8,11-13H2,1-2H3. The maximum atomic E-state index is 12.2. The molecule has 0 saturated carbocycles. The molecule has 0 unspecified atom stereocenters. The number of nitrogens with zero attached hydrogens (tertiary/aromatic N) is 4. The zero-order chi connectivity index (χ0) is 15.1. The van der Waals surface area contributed by atoms with Gasteiger partial charge < -0.3 is 9.80 Å². The first kappa shape index (κ1) is 15.7. The second-order valence-corrected chi connectivity index (χ2v) is 5.76. The summed E-state index contributed by atoms with van der Waals surface area (Å²) < 4.78 is 0. The Balaban J connectivity index is 1.99. The molecule has 0 bridgehead atoms. The molecule has 5 heteroatoms. The molecule has 0 spiro atoms. The third-order valence-electron chi connectivity index (χ3n) is 3.99. The van der Waals surface area contributed by atoms with Crippen molar-refractivity contribution in [3.63, 3.8) is 0 Å². The highest BCUT2D eigenvalue weighted by atomic mass is 16.2. The minimum Gasteiger partial charge on any atom is -0.355 e. The van der Waals surface area contributed by atoms with Crippen LogP contribution in [0, 0.1) is 0 Å². The highest BCUT2D eigenvalue weighted by molar-refractivity contribution is 5.92. The van der Waals surface area contributed by atoms with Gasteiger partial charge in [-0.2, -0.15) is 0 Å². The van der Waals surface area contributed by atoms with Crippen LogP contribution in [0.1, 0.15) is 55.9 Å². The van der Waals surface area contributed by atoms with E-state index in [0.717, 1.165) is 38.3 Å². The highest BCUT2D eigenvalue weighted by Gasteiger charge is 2.15. The minimum absolute atomic E-state index is 0.0432.